The van der Waals surface area contributed by atoms with Gasteiger partial charge in [0, 0.05) is 37.6 Å². The van der Waals surface area contributed by atoms with Gasteiger partial charge in [0.25, 0.3) is 0 Å². The maximum absolute atomic E-state index is 6.03. The molecule has 0 spiro atoms. The van der Waals surface area contributed by atoms with Crippen LogP contribution in [0.1, 0.15) is 44.7 Å². The van der Waals surface area contributed by atoms with Crippen LogP contribution < -0.4 is 0 Å². The molecule has 2 nitrogen and oxygen atoms in total. The minimum atomic E-state index is 0.202. The lowest BCUT2D eigenvalue weighted by Gasteiger charge is -2.37. The highest BCUT2D eigenvalue weighted by Crippen LogP contribution is 2.23. The number of halogens is 1. The molecule has 0 amide bonds. The van der Waals surface area contributed by atoms with E-state index in [2.05, 4.69) is 47.6 Å². The lowest BCUT2D eigenvalue weighted by atomic mass is 10.0. The second kappa shape index (κ2) is 9.20. The summed E-state index contributed by atoms with van der Waals surface area (Å²) in [6, 6.07) is 8.38. The quantitative estimate of drug-likeness (QED) is 0.592. The second-order valence-corrected chi connectivity index (χ2v) is 6.29. The van der Waals surface area contributed by atoms with E-state index in [0.717, 1.165) is 44.2 Å². The molecule has 2 rings (SSSR count). The Kier molecular flexibility index (Phi) is 7.25. The van der Waals surface area contributed by atoms with Gasteiger partial charge >= 0.3 is 0 Å². The number of unbranched alkanes of at least 4 members (excludes halogenated alkanes) is 2. The van der Waals surface area contributed by atoms with Crippen LogP contribution >= 0.6 is 11.6 Å². The molecule has 0 aliphatic carbocycles. The van der Waals surface area contributed by atoms with Gasteiger partial charge in [-0.3, -0.25) is 4.90 Å². The summed E-state index contributed by atoms with van der Waals surface area (Å²) in [7, 11) is 0. The third-order valence-corrected chi connectivity index (χ3v) is 4.55. The van der Waals surface area contributed by atoms with Gasteiger partial charge in [0.15, 0.2) is 0 Å². The monoisotopic (exact) mass is 318 g/mol. The van der Waals surface area contributed by atoms with Crippen molar-refractivity contribution < 1.29 is 0 Å². The summed E-state index contributed by atoms with van der Waals surface area (Å²) in [5, 5.41) is 0.789. The van der Waals surface area contributed by atoms with Gasteiger partial charge < -0.3 is 4.90 Å². The highest BCUT2D eigenvalue weighted by Gasteiger charge is 2.23. The standard InChI is InChI=1S/C19H27ClN2/c1-3-5-6-7-8-19(17-9-11-18(20)12-10-17)22-15-13-21(4-2)14-16-22/h9-12,19H,3-6,13-16H2,1-2H3. The van der Waals surface area contributed by atoms with E-state index in [0.29, 0.717) is 0 Å². The topological polar surface area (TPSA) is 6.48 Å². The second-order valence-electron chi connectivity index (χ2n) is 5.85. The molecule has 0 radical (unpaired) electrons. The average molecular weight is 319 g/mol. The van der Waals surface area contributed by atoms with Gasteiger partial charge in [0.1, 0.15) is 0 Å². The van der Waals surface area contributed by atoms with E-state index in [9.17, 15) is 0 Å². The molecule has 22 heavy (non-hydrogen) atoms. The van der Waals surface area contributed by atoms with Crippen molar-refractivity contribution in [3.8, 4) is 11.8 Å². The first-order valence-electron chi connectivity index (χ1n) is 8.44. The fraction of sp³-hybridized carbons (Fsp3) is 0.579. The fourth-order valence-corrected chi connectivity index (χ4v) is 2.93. The zero-order chi connectivity index (χ0) is 15.8. The number of piperazine rings is 1. The van der Waals surface area contributed by atoms with E-state index in [1.54, 1.807) is 0 Å². The first-order chi connectivity index (χ1) is 10.7. The molecule has 1 aliphatic rings. The highest BCUT2D eigenvalue weighted by molar-refractivity contribution is 6.30. The summed E-state index contributed by atoms with van der Waals surface area (Å²) >= 11 is 6.03. The number of rotatable bonds is 5. The van der Waals surface area contributed by atoms with Crippen molar-refractivity contribution in [2.24, 2.45) is 0 Å². The van der Waals surface area contributed by atoms with Gasteiger partial charge in [-0.15, -0.1) is 5.92 Å². The van der Waals surface area contributed by atoms with Gasteiger partial charge in [-0.1, -0.05) is 49.9 Å². The maximum atomic E-state index is 6.03. The molecule has 0 bridgehead atoms. The molecule has 1 heterocycles. The Morgan fingerprint density at radius 1 is 1.09 bits per heavy atom. The normalized spacial score (nSPS) is 17.8. The maximum Gasteiger partial charge on any atom is 0.0971 e. The van der Waals surface area contributed by atoms with Crippen molar-refractivity contribution in [2.45, 2.75) is 39.2 Å². The van der Waals surface area contributed by atoms with Gasteiger partial charge in [-0.2, -0.15) is 0 Å². The van der Waals surface area contributed by atoms with Crippen LogP contribution in [0, 0.1) is 11.8 Å². The van der Waals surface area contributed by atoms with Crippen LogP contribution in [0.3, 0.4) is 0 Å². The van der Waals surface area contributed by atoms with Crippen molar-refractivity contribution in [1.82, 2.24) is 9.80 Å². The van der Waals surface area contributed by atoms with E-state index < -0.39 is 0 Å². The Bertz CT molecular complexity index is 492. The lowest BCUT2D eigenvalue weighted by Crippen LogP contribution is -2.47. The first kappa shape index (κ1) is 17.3. The molecule has 1 unspecified atom stereocenters. The van der Waals surface area contributed by atoms with Crippen molar-refractivity contribution in [2.75, 3.05) is 32.7 Å². The Morgan fingerprint density at radius 2 is 1.77 bits per heavy atom. The molecule has 1 fully saturated rings. The molecule has 1 aromatic carbocycles. The van der Waals surface area contributed by atoms with Gasteiger partial charge in [-0.25, -0.2) is 0 Å². The largest absolute Gasteiger partial charge is 0.301 e. The van der Waals surface area contributed by atoms with Crippen LogP contribution in [0.5, 0.6) is 0 Å². The summed E-state index contributed by atoms with van der Waals surface area (Å²) in [5.41, 5.74) is 1.26. The molecule has 0 saturated carbocycles. The van der Waals surface area contributed by atoms with Crippen LogP contribution in [0.4, 0.5) is 0 Å². The third-order valence-electron chi connectivity index (χ3n) is 4.30. The minimum absolute atomic E-state index is 0.202. The number of likely N-dealkylation sites (N-methyl/N-ethyl adjacent to an activating group) is 1. The molecule has 3 heteroatoms. The third kappa shape index (κ3) is 5.02. The Hall–Kier alpha value is -1.01. The van der Waals surface area contributed by atoms with E-state index >= 15 is 0 Å². The van der Waals surface area contributed by atoms with Crippen LogP contribution in [-0.2, 0) is 0 Å². The molecule has 0 N–H and O–H groups in total. The summed E-state index contributed by atoms with van der Waals surface area (Å²) in [5.74, 6) is 6.89. The molecular formula is C19H27ClN2. The predicted molar refractivity (Wildman–Crippen MR) is 95.2 cm³/mol. The number of hydrogen-bond acceptors (Lipinski definition) is 2. The van der Waals surface area contributed by atoms with E-state index in [-0.39, 0.29) is 6.04 Å². The van der Waals surface area contributed by atoms with Crippen LogP contribution in [0.15, 0.2) is 24.3 Å². The highest BCUT2D eigenvalue weighted by atomic mass is 35.5. The van der Waals surface area contributed by atoms with Crippen molar-refractivity contribution in [3.05, 3.63) is 34.9 Å². The van der Waals surface area contributed by atoms with Crippen molar-refractivity contribution >= 4 is 11.6 Å². The zero-order valence-electron chi connectivity index (χ0n) is 13.8. The Labute approximate surface area is 140 Å². The molecule has 1 aromatic rings. The van der Waals surface area contributed by atoms with Gasteiger partial charge in [-0.05, 0) is 30.7 Å². The number of nitrogens with zero attached hydrogens (tertiary/aromatic N) is 2. The lowest BCUT2D eigenvalue weighted by molar-refractivity contribution is 0.119. The van der Waals surface area contributed by atoms with Crippen LogP contribution in [0.25, 0.3) is 0 Å². The number of hydrogen-bond donors (Lipinski definition) is 0. The average Bonchev–Trinajstić information content (AvgIpc) is 2.56. The Morgan fingerprint density at radius 3 is 2.36 bits per heavy atom. The van der Waals surface area contributed by atoms with Gasteiger partial charge in [0.2, 0.25) is 0 Å². The molecule has 120 valence electrons. The van der Waals surface area contributed by atoms with E-state index in [1.165, 1.54) is 18.4 Å². The molecule has 1 saturated heterocycles. The molecule has 1 atom stereocenters. The van der Waals surface area contributed by atoms with E-state index in [1.807, 2.05) is 12.1 Å². The smallest absolute Gasteiger partial charge is 0.0971 e. The van der Waals surface area contributed by atoms with Crippen molar-refractivity contribution in [1.29, 1.82) is 0 Å². The first-order valence-corrected chi connectivity index (χ1v) is 8.82. The Balaban J connectivity index is 2.10. The summed E-state index contributed by atoms with van der Waals surface area (Å²) < 4.78 is 0. The minimum Gasteiger partial charge on any atom is -0.301 e. The SMILES string of the molecule is CCCCC#CC(c1ccc(Cl)cc1)N1CCN(CC)CC1. The van der Waals surface area contributed by atoms with E-state index in [4.69, 9.17) is 11.6 Å². The zero-order valence-corrected chi connectivity index (χ0v) is 14.6. The fourth-order valence-electron chi connectivity index (χ4n) is 2.80. The summed E-state index contributed by atoms with van der Waals surface area (Å²) in [6.07, 6.45) is 3.38. The van der Waals surface area contributed by atoms with Crippen molar-refractivity contribution in [3.63, 3.8) is 0 Å². The summed E-state index contributed by atoms with van der Waals surface area (Å²) in [6.45, 7) is 10.0. The number of benzene rings is 1. The molecule has 0 aromatic heterocycles. The van der Waals surface area contributed by atoms with Gasteiger partial charge in [0.05, 0.1) is 6.04 Å². The summed E-state index contributed by atoms with van der Waals surface area (Å²) in [4.78, 5) is 5.01. The van der Waals surface area contributed by atoms with Crippen LogP contribution in [-0.4, -0.2) is 42.5 Å². The molecule has 1 aliphatic heterocycles. The van der Waals surface area contributed by atoms with Crippen LogP contribution in [0.2, 0.25) is 5.02 Å². The molecular weight excluding hydrogens is 292 g/mol. The predicted octanol–water partition coefficient (Wildman–Crippen LogP) is 4.21.